The number of carbonyl (C=O) groups excluding carboxylic acids is 2. The van der Waals surface area contributed by atoms with Gasteiger partial charge in [0.25, 0.3) is 0 Å². The number of esters is 2. The minimum atomic E-state index is -1.05. The zero-order valence-electron chi connectivity index (χ0n) is 7.49. The molecule has 0 heterocycles. The molecule has 0 N–H and O–H groups in total. The number of carbonyl (C=O) groups is 2. The van der Waals surface area contributed by atoms with Gasteiger partial charge in [0.05, 0.1) is 6.61 Å². The Morgan fingerprint density at radius 1 is 1.46 bits per heavy atom. The van der Waals surface area contributed by atoms with Crippen LogP contribution in [0, 0.1) is 0 Å². The highest BCUT2D eigenvalue weighted by Gasteiger charge is 2.18. The minimum Gasteiger partial charge on any atom is -0.463 e. The molecule has 72 valence electrons. The maximum absolute atomic E-state index is 11.0. The van der Waals surface area contributed by atoms with E-state index in [2.05, 4.69) is 22.6 Å². The van der Waals surface area contributed by atoms with Crippen LogP contribution in [0.15, 0.2) is 25.3 Å². The third-order valence-electron chi connectivity index (χ3n) is 1.14. The van der Waals surface area contributed by atoms with Gasteiger partial charge in [0.1, 0.15) is 0 Å². The van der Waals surface area contributed by atoms with Crippen LogP contribution in [-0.4, -0.2) is 24.6 Å². The first-order valence-electron chi connectivity index (χ1n) is 3.78. The van der Waals surface area contributed by atoms with Crippen molar-refractivity contribution in [3.8, 4) is 0 Å². The fourth-order valence-electron chi connectivity index (χ4n) is 0.590. The highest BCUT2D eigenvalue weighted by molar-refractivity contribution is 5.86. The van der Waals surface area contributed by atoms with E-state index in [0.29, 0.717) is 0 Å². The molecular weight excluding hydrogens is 172 g/mol. The lowest BCUT2D eigenvalue weighted by Gasteiger charge is -2.10. The van der Waals surface area contributed by atoms with Crippen molar-refractivity contribution in [2.24, 2.45) is 0 Å². The van der Waals surface area contributed by atoms with Crippen LogP contribution in [0.3, 0.4) is 0 Å². The van der Waals surface area contributed by atoms with Gasteiger partial charge >= 0.3 is 11.9 Å². The number of rotatable bonds is 5. The van der Waals surface area contributed by atoms with Gasteiger partial charge < -0.3 is 9.47 Å². The molecule has 4 nitrogen and oxygen atoms in total. The Kier molecular flexibility index (Phi) is 5.27. The summed E-state index contributed by atoms with van der Waals surface area (Å²) in [5.74, 6) is -1.31. The fourth-order valence-corrected chi connectivity index (χ4v) is 0.590. The highest BCUT2D eigenvalue weighted by Crippen LogP contribution is 1.98. The van der Waals surface area contributed by atoms with Crippen LogP contribution in [0.1, 0.15) is 6.92 Å². The summed E-state index contributed by atoms with van der Waals surface area (Å²) in [6, 6.07) is 0. The van der Waals surface area contributed by atoms with E-state index in [0.717, 1.165) is 6.08 Å². The van der Waals surface area contributed by atoms with Gasteiger partial charge in [-0.2, -0.15) is 0 Å². The number of ether oxygens (including phenoxy) is 2. The molecule has 0 saturated heterocycles. The zero-order chi connectivity index (χ0) is 10.3. The lowest BCUT2D eigenvalue weighted by atomic mass is 10.3. The second kappa shape index (κ2) is 5.99. The van der Waals surface area contributed by atoms with Gasteiger partial charge in [-0.1, -0.05) is 13.2 Å². The average Bonchev–Trinajstić information content (AvgIpc) is 2.14. The quantitative estimate of drug-likeness (QED) is 0.361. The molecule has 0 amide bonds. The van der Waals surface area contributed by atoms with E-state index in [4.69, 9.17) is 0 Å². The SMILES string of the molecule is C=CC(=O)OC(C=C)C(=O)OCC. The van der Waals surface area contributed by atoms with Crippen LogP contribution in [0.25, 0.3) is 0 Å². The van der Waals surface area contributed by atoms with Crippen LogP contribution >= 0.6 is 0 Å². The number of hydrogen-bond donors (Lipinski definition) is 0. The van der Waals surface area contributed by atoms with Crippen molar-refractivity contribution in [2.45, 2.75) is 13.0 Å². The summed E-state index contributed by atoms with van der Waals surface area (Å²) in [7, 11) is 0. The summed E-state index contributed by atoms with van der Waals surface area (Å²) >= 11 is 0. The fraction of sp³-hybridized carbons (Fsp3) is 0.333. The highest BCUT2D eigenvalue weighted by atomic mass is 16.6. The van der Waals surface area contributed by atoms with Crippen molar-refractivity contribution in [2.75, 3.05) is 6.61 Å². The Balaban J connectivity index is 4.16. The number of hydrogen-bond acceptors (Lipinski definition) is 4. The molecule has 0 aromatic heterocycles. The Hall–Kier alpha value is -1.58. The zero-order valence-corrected chi connectivity index (χ0v) is 7.49. The molecule has 0 bridgehead atoms. The standard InChI is InChI=1S/C9H12O4/c1-4-7(9(11)12-6-3)13-8(10)5-2/h4-5,7H,1-2,6H2,3H3. The normalized spacial score (nSPS) is 11.2. The molecule has 0 fully saturated rings. The van der Waals surface area contributed by atoms with Crippen LogP contribution in [0.4, 0.5) is 0 Å². The smallest absolute Gasteiger partial charge is 0.351 e. The summed E-state index contributed by atoms with van der Waals surface area (Å²) < 4.78 is 9.23. The molecule has 1 unspecified atom stereocenters. The second-order valence-electron chi connectivity index (χ2n) is 2.05. The summed E-state index contributed by atoms with van der Waals surface area (Å²) in [6.45, 7) is 8.42. The summed E-state index contributed by atoms with van der Waals surface area (Å²) in [5, 5.41) is 0. The van der Waals surface area contributed by atoms with Crippen molar-refractivity contribution >= 4 is 11.9 Å². The monoisotopic (exact) mass is 184 g/mol. The van der Waals surface area contributed by atoms with Gasteiger partial charge in [0.2, 0.25) is 6.10 Å². The Bertz CT molecular complexity index is 220. The van der Waals surface area contributed by atoms with E-state index in [9.17, 15) is 9.59 Å². The van der Waals surface area contributed by atoms with E-state index in [1.807, 2.05) is 0 Å². The van der Waals surface area contributed by atoms with Crippen LogP contribution < -0.4 is 0 Å². The van der Waals surface area contributed by atoms with Crippen molar-refractivity contribution < 1.29 is 19.1 Å². The molecule has 4 heteroatoms. The topological polar surface area (TPSA) is 52.6 Å². The summed E-state index contributed by atoms with van der Waals surface area (Å²) in [5.41, 5.74) is 0. The van der Waals surface area contributed by atoms with Gasteiger partial charge in [0, 0.05) is 6.08 Å². The predicted molar refractivity (Wildman–Crippen MR) is 46.9 cm³/mol. The van der Waals surface area contributed by atoms with Crippen molar-refractivity contribution in [3.05, 3.63) is 25.3 Å². The van der Waals surface area contributed by atoms with Crippen molar-refractivity contribution in [1.82, 2.24) is 0 Å². The molecule has 0 radical (unpaired) electrons. The van der Waals surface area contributed by atoms with Crippen molar-refractivity contribution in [3.63, 3.8) is 0 Å². The van der Waals surface area contributed by atoms with Crippen LogP contribution in [-0.2, 0) is 19.1 Å². The summed E-state index contributed by atoms with van der Waals surface area (Å²) in [4.78, 5) is 21.7. The van der Waals surface area contributed by atoms with E-state index in [-0.39, 0.29) is 6.61 Å². The molecule has 0 spiro atoms. The molecule has 0 aliphatic rings. The van der Waals surface area contributed by atoms with Gasteiger partial charge in [-0.25, -0.2) is 9.59 Å². The van der Waals surface area contributed by atoms with E-state index in [1.165, 1.54) is 6.08 Å². The van der Waals surface area contributed by atoms with Gasteiger partial charge in [-0.15, -0.1) is 0 Å². The first kappa shape index (κ1) is 11.4. The van der Waals surface area contributed by atoms with Gasteiger partial charge in [-0.05, 0) is 13.0 Å². The first-order valence-corrected chi connectivity index (χ1v) is 3.78. The van der Waals surface area contributed by atoms with Crippen LogP contribution in [0.2, 0.25) is 0 Å². The molecule has 13 heavy (non-hydrogen) atoms. The maximum Gasteiger partial charge on any atom is 0.351 e. The van der Waals surface area contributed by atoms with E-state index < -0.39 is 18.0 Å². The summed E-state index contributed by atoms with van der Waals surface area (Å²) in [6.07, 6.45) is 1.11. The largest absolute Gasteiger partial charge is 0.463 e. The Labute approximate surface area is 76.8 Å². The third kappa shape index (κ3) is 4.10. The molecule has 0 aromatic carbocycles. The Morgan fingerprint density at radius 2 is 2.08 bits per heavy atom. The van der Waals surface area contributed by atoms with E-state index >= 15 is 0 Å². The first-order chi connectivity index (χ1) is 6.15. The molecule has 0 aliphatic heterocycles. The molecule has 0 rings (SSSR count). The van der Waals surface area contributed by atoms with Gasteiger partial charge in [0.15, 0.2) is 0 Å². The average molecular weight is 184 g/mol. The molecule has 1 atom stereocenters. The van der Waals surface area contributed by atoms with E-state index in [1.54, 1.807) is 6.92 Å². The predicted octanol–water partition coefficient (Wildman–Crippen LogP) is 0.833. The lowest BCUT2D eigenvalue weighted by Crippen LogP contribution is -2.26. The molecular formula is C9H12O4. The maximum atomic E-state index is 11.0. The van der Waals surface area contributed by atoms with Gasteiger partial charge in [-0.3, -0.25) is 0 Å². The minimum absolute atomic E-state index is 0.231. The molecule has 0 aliphatic carbocycles. The Morgan fingerprint density at radius 3 is 2.46 bits per heavy atom. The molecule has 0 saturated carbocycles. The molecule has 0 aromatic rings. The van der Waals surface area contributed by atoms with Crippen LogP contribution in [0.5, 0.6) is 0 Å². The lowest BCUT2D eigenvalue weighted by molar-refractivity contribution is -0.161. The third-order valence-corrected chi connectivity index (χ3v) is 1.14. The van der Waals surface area contributed by atoms with Crippen molar-refractivity contribution in [1.29, 1.82) is 0 Å². The second-order valence-corrected chi connectivity index (χ2v) is 2.05.